The predicted molar refractivity (Wildman–Crippen MR) is 65.8 cm³/mol. The van der Waals surface area contributed by atoms with E-state index in [1.165, 1.54) is 6.07 Å². The van der Waals surface area contributed by atoms with Gasteiger partial charge in [0.05, 0.1) is 10.2 Å². The van der Waals surface area contributed by atoms with Crippen molar-refractivity contribution in [1.29, 1.82) is 0 Å². The minimum Gasteiger partial charge on any atom is -0.326 e. The number of halogens is 4. The van der Waals surface area contributed by atoms with E-state index in [0.29, 0.717) is 8.66 Å². The molecule has 3 N–H and O–H groups in total. The Kier molecular flexibility index (Phi) is 5.18. The zero-order valence-corrected chi connectivity index (χ0v) is 12.1. The second-order valence-electron chi connectivity index (χ2n) is 3.32. The van der Waals surface area contributed by atoms with Gasteiger partial charge in [-0.15, -0.1) is 11.3 Å². The molecule has 0 atom stereocenters. The summed E-state index contributed by atoms with van der Waals surface area (Å²) in [5, 5.41) is 0. The van der Waals surface area contributed by atoms with Gasteiger partial charge >= 0.3 is 6.18 Å². The molecule has 0 aromatic carbocycles. The molecule has 0 spiro atoms. The molecule has 0 bridgehead atoms. The summed E-state index contributed by atoms with van der Waals surface area (Å²) in [6.45, 7) is -0.520. The molecular formula is C8H10BrF3N2O2S2. The van der Waals surface area contributed by atoms with E-state index in [9.17, 15) is 21.6 Å². The smallest absolute Gasteiger partial charge is 0.326 e. The van der Waals surface area contributed by atoms with Crippen LogP contribution in [0.2, 0.25) is 0 Å². The number of sulfonamides is 1. The van der Waals surface area contributed by atoms with Gasteiger partial charge in [0.15, 0.2) is 0 Å². The van der Waals surface area contributed by atoms with Crippen molar-refractivity contribution in [3.63, 3.8) is 0 Å². The van der Waals surface area contributed by atoms with Gasteiger partial charge in [-0.2, -0.15) is 13.2 Å². The fourth-order valence-electron chi connectivity index (χ4n) is 1.09. The lowest BCUT2D eigenvalue weighted by molar-refractivity contribution is -0.132. The average Bonchev–Trinajstić information content (AvgIpc) is 2.58. The highest BCUT2D eigenvalue weighted by atomic mass is 79.9. The first-order chi connectivity index (χ1) is 8.15. The summed E-state index contributed by atoms with van der Waals surface area (Å²) in [6, 6.07) is 1.34. The Labute approximate surface area is 115 Å². The Morgan fingerprint density at radius 3 is 2.50 bits per heavy atom. The molecule has 1 aromatic heterocycles. The quantitative estimate of drug-likeness (QED) is 0.838. The number of nitrogens with one attached hydrogen (secondary N) is 1. The van der Waals surface area contributed by atoms with Gasteiger partial charge in [0.2, 0.25) is 10.0 Å². The van der Waals surface area contributed by atoms with Crippen molar-refractivity contribution in [3.8, 4) is 0 Å². The summed E-state index contributed by atoms with van der Waals surface area (Å²) in [5.41, 5.74) is 5.36. The third kappa shape index (κ3) is 4.50. The second kappa shape index (κ2) is 5.87. The number of thiophene rings is 1. The zero-order valence-electron chi connectivity index (χ0n) is 8.92. The lowest BCUT2D eigenvalue weighted by Gasteiger charge is -2.07. The fraction of sp³-hybridized carbons (Fsp3) is 0.500. The summed E-state index contributed by atoms with van der Waals surface area (Å²) in [4.78, 5) is 0.535. The molecule has 4 nitrogen and oxygen atoms in total. The van der Waals surface area contributed by atoms with Crippen molar-refractivity contribution in [2.24, 2.45) is 5.73 Å². The third-order valence-corrected chi connectivity index (χ3v) is 5.63. The lowest BCUT2D eigenvalue weighted by atomic mass is 10.4. The normalized spacial score (nSPS) is 12.9. The molecule has 0 aliphatic rings. The third-order valence-electron chi connectivity index (χ3n) is 1.90. The molecule has 1 heterocycles. The maximum absolute atomic E-state index is 11.9. The summed E-state index contributed by atoms with van der Waals surface area (Å²) in [5.74, 6) is 0. The monoisotopic (exact) mass is 366 g/mol. The van der Waals surface area contributed by atoms with Crippen LogP contribution in [0, 0.1) is 0 Å². The Morgan fingerprint density at radius 1 is 1.44 bits per heavy atom. The molecule has 0 saturated carbocycles. The van der Waals surface area contributed by atoms with Crippen LogP contribution in [0.15, 0.2) is 14.7 Å². The summed E-state index contributed by atoms with van der Waals surface area (Å²) < 4.78 is 61.4. The zero-order chi connectivity index (χ0) is 14.0. The Bertz CT molecular complexity index is 513. The molecule has 1 rings (SSSR count). The van der Waals surface area contributed by atoms with E-state index in [1.807, 2.05) is 4.72 Å². The van der Waals surface area contributed by atoms with E-state index in [2.05, 4.69) is 15.9 Å². The molecule has 1 aromatic rings. The fourth-order valence-corrected chi connectivity index (χ4v) is 4.68. The standard InChI is InChI=1S/C8H10BrF3N2O2S2/c9-7-6(3-5(4-13)17-7)18(15,16)14-2-1-8(10,11)12/h3,14H,1-2,4,13H2. The van der Waals surface area contributed by atoms with Gasteiger partial charge in [0, 0.05) is 18.0 Å². The van der Waals surface area contributed by atoms with E-state index in [-0.39, 0.29) is 11.4 Å². The maximum atomic E-state index is 11.9. The van der Waals surface area contributed by atoms with Gasteiger partial charge in [-0.3, -0.25) is 0 Å². The van der Waals surface area contributed by atoms with E-state index >= 15 is 0 Å². The van der Waals surface area contributed by atoms with Crippen LogP contribution >= 0.6 is 27.3 Å². The molecule has 0 unspecified atom stereocenters. The number of hydrogen-bond donors (Lipinski definition) is 2. The van der Waals surface area contributed by atoms with Crippen LogP contribution in [0.5, 0.6) is 0 Å². The first kappa shape index (κ1) is 15.9. The molecule has 0 amide bonds. The van der Waals surface area contributed by atoms with Gasteiger partial charge in [-0.05, 0) is 22.0 Å². The summed E-state index contributed by atoms with van der Waals surface area (Å²) in [6.07, 6.45) is -5.60. The number of nitrogens with two attached hydrogens (primary N) is 1. The predicted octanol–water partition coefficient (Wildman–Crippen LogP) is 2.20. The highest BCUT2D eigenvalue weighted by Crippen LogP contribution is 2.31. The van der Waals surface area contributed by atoms with Gasteiger partial charge in [-0.1, -0.05) is 0 Å². The first-order valence-corrected chi connectivity index (χ1v) is 7.79. The van der Waals surface area contributed by atoms with Crippen LogP contribution in [-0.4, -0.2) is 21.1 Å². The molecular weight excluding hydrogens is 357 g/mol. The Morgan fingerprint density at radius 2 is 2.06 bits per heavy atom. The van der Waals surface area contributed by atoms with Crippen molar-refractivity contribution < 1.29 is 21.6 Å². The van der Waals surface area contributed by atoms with Gasteiger partial charge in [0.1, 0.15) is 4.90 Å². The summed E-state index contributed by atoms with van der Waals surface area (Å²) >= 11 is 4.18. The van der Waals surface area contributed by atoms with E-state index < -0.39 is 29.2 Å². The largest absolute Gasteiger partial charge is 0.390 e. The van der Waals surface area contributed by atoms with Crippen LogP contribution < -0.4 is 10.5 Å². The molecule has 10 heteroatoms. The summed E-state index contributed by atoms with van der Waals surface area (Å²) in [7, 11) is -3.94. The molecule has 18 heavy (non-hydrogen) atoms. The van der Waals surface area contributed by atoms with E-state index in [4.69, 9.17) is 5.73 Å². The van der Waals surface area contributed by atoms with Gasteiger partial charge in [0.25, 0.3) is 0 Å². The minimum absolute atomic E-state index is 0.0878. The molecule has 0 saturated heterocycles. The van der Waals surface area contributed by atoms with Crippen LogP contribution in [0.4, 0.5) is 13.2 Å². The molecule has 0 radical (unpaired) electrons. The molecule has 0 aliphatic carbocycles. The van der Waals surface area contributed by atoms with Crippen LogP contribution in [0.1, 0.15) is 11.3 Å². The second-order valence-corrected chi connectivity index (χ2v) is 7.51. The Hall–Kier alpha value is -0.160. The van der Waals surface area contributed by atoms with Crippen molar-refractivity contribution in [2.45, 2.75) is 24.0 Å². The molecule has 0 fully saturated rings. The molecule has 104 valence electrons. The lowest BCUT2D eigenvalue weighted by Crippen LogP contribution is -2.28. The highest BCUT2D eigenvalue weighted by Gasteiger charge is 2.28. The van der Waals surface area contributed by atoms with Crippen LogP contribution in [0.25, 0.3) is 0 Å². The number of hydrogen-bond acceptors (Lipinski definition) is 4. The SMILES string of the molecule is NCc1cc(S(=O)(=O)NCCC(F)(F)F)c(Br)s1. The van der Waals surface area contributed by atoms with Crippen LogP contribution in [-0.2, 0) is 16.6 Å². The van der Waals surface area contributed by atoms with Crippen molar-refractivity contribution in [1.82, 2.24) is 4.72 Å². The van der Waals surface area contributed by atoms with Gasteiger partial charge < -0.3 is 5.73 Å². The first-order valence-electron chi connectivity index (χ1n) is 4.70. The number of alkyl halides is 3. The minimum atomic E-state index is -4.39. The van der Waals surface area contributed by atoms with Crippen LogP contribution in [0.3, 0.4) is 0 Å². The van der Waals surface area contributed by atoms with E-state index in [1.54, 1.807) is 0 Å². The van der Waals surface area contributed by atoms with E-state index in [0.717, 1.165) is 11.3 Å². The highest BCUT2D eigenvalue weighted by molar-refractivity contribution is 9.11. The average molecular weight is 367 g/mol. The van der Waals surface area contributed by atoms with Crippen molar-refractivity contribution >= 4 is 37.3 Å². The molecule has 0 aliphatic heterocycles. The Balaban J connectivity index is 2.77. The maximum Gasteiger partial charge on any atom is 0.390 e. The topological polar surface area (TPSA) is 72.2 Å². The van der Waals surface area contributed by atoms with Gasteiger partial charge in [-0.25, -0.2) is 13.1 Å². The van der Waals surface area contributed by atoms with Crippen molar-refractivity contribution in [2.75, 3.05) is 6.54 Å². The van der Waals surface area contributed by atoms with Crippen molar-refractivity contribution in [3.05, 3.63) is 14.7 Å². The number of rotatable bonds is 5.